The number of anilines is 1. The van der Waals surface area contributed by atoms with Crippen LogP contribution in [0.1, 0.15) is 50.4 Å². The molecule has 1 heterocycles. The molecule has 1 aromatic rings. The minimum Gasteiger partial charge on any atom is -0.369 e. The van der Waals surface area contributed by atoms with Gasteiger partial charge in [-0.2, -0.15) is 0 Å². The lowest BCUT2D eigenvalue weighted by Crippen LogP contribution is -2.33. The van der Waals surface area contributed by atoms with Crippen LogP contribution in [-0.4, -0.2) is 24.0 Å². The van der Waals surface area contributed by atoms with Crippen LogP contribution in [0.3, 0.4) is 0 Å². The smallest absolute Gasteiger partial charge is 0.255 e. The molecule has 4 nitrogen and oxygen atoms in total. The van der Waals surface area contributed by atoms with E-state index in [1.807, 2.05) is 6.07 Å². The standard InChI is InChI=1S/C16H25N3O/c1-4-9-17-14-13(6-5-10-18-14)15(20)19-11-16(7-8-16)12(2)3/h5-6,10,12H,4,7-9,11H2,1-3H3,(H,17,18)(H,19,20). The molecule has 1 aliphatic carbocycles. The SMILES string of the molecule is CCCNc1ncccc1C(=O)NCC1(C(C)C)CC1. The van der Waals surface area contributed by atoms with Crippen molar-refractivity contribution in [2.75, 3.05) is 18.4 Å². The number of nitrogens with zero attached hydrogens (tertiary/aromatic N) is 1. The van der Waals surface area contributed by atoms with Crippen LogP contribution < -0.4 is 10.6 Å². The number of carbonyl (C=O) groups excluding carboxylic acids is 1. The van der Waals surface area contributed by atoms with Crippen LogP contribution in [0.15, 0.2) is 18.3 Å². The van der Waals surface area contributed by atoms with Crippen molar-refractivity contribution in [2.45, 2.75) is 40.0 Å². The van der Waals surface area contributed by atoms with Gasteiger partial charge in [0.05, 0.1) is 5.56 Å². The number of aromatic nitrogens is 1. The maximum Gasteiger partial charge on any atom is 0.255 e. The Kier molecular flexibility index (Phi) is 4.63. The van der Waals surface area contributed by atoms with Crippen molar-refractivity contribution in [1.29, 1.82) is 0 Å². The van der Waals surface area contributed by atoms with E-state index < -0.39 is 0 Å². The van der Waals surface area contributed by atoms with Crippen molar-refractivity contribution < 1.29 is 4.79 Å². The van der Waals surface area contributed by atoms with E-state index in [1.165, 1.54) is 12.8 Å². The number of hydrogen-bond donors (Lipinski definition) is 2. The van der Waals surface area contributed by atoms with E-state index >= 15 is 0 Å². The summed E-state index contributed by atoms with van der Waals surface area (Å²) in [5.41, 5.74) is 0.968. The Morgan fingerprint density at radius 2 is 2.20 bits per heavy atom. The summed E-state index contributed by atoms with van der Waals surface area (Å²) in [6, 6.07) is 3.64. The van der Waals surface area contributed by atoms with Gasteiger partial charge in [0, 0.05) is 19.3 Å². The molecule has 2 N–H and O–H groups in total. The fourth-order valence-electron chi connectivity index (χ4n) is 2.44. The number of pyridine rings is 1. The molecule has 0 bridgehead atoms. The summed E-state index contributed by atoms with van der Waals surface area (Å²) in [5.74, 6) is 1.28. The Morgan fingerprint density at radius 1 is 1.45 bits per heavy atom. The number of amides is 1. The van der Waals surface area contributed by atoms with Gasteiger partial charge in [-0.05, 0) is 42.7 Å². The number of hydrogen-bond acceptors (Lipinski definition) is 3. The molecule has 0 radical (unpaired) electrons. The Hall–Kier alpha value is -1.58. The van der Waals surface area contributed by atoms with Gasteiger partial charge in [-0.3, -0.25) is 4.79 Å². The summed E-state index contributed by atoms with van der Waals surface area (Å²) in [4.78, 5) is 16.6. The van der Waals surface area contributed by atoms with E-state index in [2.05, 4.69) is 36.4 Å². The third-order valence-electron chi connectivity index (χ3n) is 4.31. The largest absolute Gasteiger partial charge is 0.369 e. The quantitative estimate of drug-likeness (QED) is 0.804. The third kappa shape index (κ3) is 3.30. The van der Waals surface area contributed by atoms with Gasteiger partial charge in [-0.1, -0.05) is 20.8 Å². The van der Waals surface area contributed by atoms with Crippen LogP contribution in [0.4, 0.5) is 5.82 Å². The molecule has 0 saturated heterocycles. The van der Waals surface area contributed by atoms with Gasteiger partial charge >= 0.3 is 0 Å². The first kappa shape index (κ1) is 14.8. The van der Waals surface area contributed by atoms with E-state index in [9.17, 15) is 4.79 Å². The summed E-state index contributed by atoms with van der Waals surface area (Å²) in [5, 5.41) is 6.29. The topological polar surface area (TPSA) is 54.0 Å². The molecule has 1 saturated carbocycles. The van der Waals surface area contributed by atoms with Gasteiger partial charge in [0.1, 0.15) is 5.82 Å². The first-order valence-electron chi connectivity index (χ1n) is 7.56. The van der Waals surface area contributed by atoms with Gasteiger partial charge in [0.25, 0.3) is 5.91 Å². The van der Waals surface area contributed by atoms with E-state index in [1.54, 1.807) is 12.3 Å². The highest BCUT2D eigenvalue weighted by Gasteiger charge is 2.45. The molecule has 0 aromatic carbocycles. The Morgan fingerprint density at radius 3 is 2.80 bits per heavy atom. The summed E-state index contributed by atoms with van der Waals surface area (Å²) >= 11 is 0. The van der Waals surface area contributed by atoms with Crippen LogP contribution >= 0.6 is 0 Å². The minimum atomic E-state index is -0.0244. The highest BCUT2D eigenvalue weighted by Crippen LogP contribution is 2.51. The number of rotatable bonds is 7. The van der Waals surface area contributed by atoms with Crippen LogP contribution in [0.25, 0.3) is 0 Å². The zero-order chi connectivity index (χ0) is 14.6. The summed E-state index contributed by atoms with van der Waals surface area (Å²) in [6.07, 6.45) is 5.16. The predicted molar refractivity (Wildman–Crippen MR) is 81.9 cm³/mol. The van der Waals surface area contributed by atoms with Crippen LogP contribution in [0.5, 0.6) is 0 Å². The lowest BCUT2D eigenvalue weighted by atomic mass is 9.92. The lowest BCUT2D eigenvalue weighted by molar-refractivity contribution is 0.0940. The van der Waals surface area contributed by atoms with Crippen molar-refractivity contribution in [2.24, 2.45) is 11.3 Å². The maximum absolute atomic E-state index is 12.3. The fraction of sp³-hybridized carbons (Fsp3) is 0.625. The zero-order valence-electron chi connectivity index (χ0n) is 12.7. The number of nitrogens with one attached hydrogen (secondary N) is 2. The Bertz CT molecular complexity index is 467. The van der Waals surface area contributed by atoms with E-state index in [4.69, 9.17) is 0 Å². The first-order valence-corrected chi connectivity index (χ1v) is 7.56. The number of carbonyl (C=O) groups is 1. The molecule has 20 heavy (non-hydrogen) atoms. The van der Waals surface area contributed by atoms with E-state index in [-0.39, 0.29) is 5.91 Å². The zero-order valence-corrected chi connectivity index (χ0v) is 12.7. The summed E-state index contributed by atoms with van der Waals surface area (Å²) in [7, 11) is 0. The normalized spacial score (nSPS) is 16.0. The van der Waals surface area contributed by atoms with Crippen LogP contribution in [0, 0.1) is 11.3 Å². The van der Waals surface area contributed by atoms with E-state index in [0.29, 0.717) is 22.7 Å². The predicted octanol–water partition coefficient (Wildman–Crippen LogP) is 3.07. The molecule has 1 aliphatic rings. The van der Waals surface area contributed by atoms with Crippen LogP contribution in [-0.2, 0) is 0 Å². The molecular formula is C16H25N3O. The van der Waals surface area contributed by atoms with Gasteiger partial charge < -0.3 is 10.6 Å². The van der Waals surface area contributed by atoms with Crippen molar-refractivity contribution in [3.63, 3.8) is 0 Å². The van der Waals surface area contributed by atoms with Crippen LogP contribution in [0.2, 0.25) is 0 Å². The lowest BCUT2D eigenvalue weighted by Gasteiger charge is -2.20. The first-order chi connectivity index (χ1) is 9.59. The molecule has 2 rings (SSSR count). The van der Waals surface area contributed by atoms with Gasteiger partial charge in [0.15, 0.2) is 0 Å². The summed E-state index contributed by atoms with van der Waals surface area (Å²) in [6.45, 7) is 8.16. The highest BCUT2D eigenvalue weighted by atomic mass is 16.1. The molecular weight excluding hydrogens is 250 g/mol. The average Bonchev–Trinajstić information content (AvgIpc) is 3.24. The third-order valence-corrected chi connectivity index (χ3v) is 4.31. The average molecular weight is 275 g/mol. The second-order valence-corrected chi connectivity index (χ2v) is 6.03. The molecule has 1 amide bonds. The van der Waals surface area contributed by atoms with Gasteiger partial charge in [-0.25, -0.2) is 4.98 Å². The summed E-state index contributed by atoms with van der Waals surface area (Å²) < 4.78 is 0. The molecule has 0 atom stereocenters. The Labute approximate surface area is 121 Å². The molecule has 1 fully saturated rings. The fourth-order valence-corrected chi connectivity index (χ4v) is 2.44. The van der Waals surface area contributed by atoms with E-state index in [0.717, 1.165) is 19.5 Å². The van der Waals surface area contributed by atoms with Crippen molar-refractivity contribution in [3.8, 4) is 0 Å². The van der Waals surface area contributed by atoms with Crippen molar-refractivity contribution in [1.82, 2.24) is 10.3 Å². The molecule has 0 spiro atoms. The second kappa shape index (κ2) is 6.25. The molecule has 0 aliphatic heterocycles. The second-order valence-electron chi connectivity index (χ2n) is 6.03. The van der Waals surface area contributed by atoms with Crippen molar-refractivity contribution >= 4 is 11.7 Å². The molecule has 0 unspecified atom stereocenters. The Balaban J connectivity index is 1.98. The van der Waals surface area contributed by atoms with Gasteiger partial charge in [-0.15, -0.1) is 0 Å². The highest BCUT2D eigenvalue weighted by molar-refractivity contribution is 5.98. The molecule has 4 heteroatoms. The molecule has 1 aromatic heterocycles. The maximum atomic E-state index is 12.3. The monoisotopic (exact) mass is 275 g/mol. The van der Waals surface area contributed by atoms with Crippen molar-refractivity contribution in [3.05, 3.63) is 23.9 Å². The minimum absolute atomic E-state index is 0.0244. The van der Waals surface area contributed by atoms with Gasteiger partial charge in [0.2, 0.25) is 0 Å². The molecule has 110 valence electrons.